The van der Waals surface area contributed by atoms with Gasteiger partial charge in [-0.25, -0.2) is 8.78 Å². The minimum absolute atomic E-state index is 0.127. The fraction of sp³-hybridized carbons (Fsp3) is 0.538. The summed E-state index contributed by atoms with van der Waals surface area (Å²) in [4.78, 5) is 0. The van der Waals surface area contributed by atoms with E-state index in [9.17, 15) is 8.78 Å². The predicted octanol–water partition coefficient (Wildman–Crippen LogP) is 1.12. The molecule has 0 saturated carbocycles. The first-order chi connectivity index (χ1) is 8.36. The number of rotatable bonds is 6. The molecule has 0 radical (unpaired) electrons. The van der Waals surface area contributed by atoms with Gasteiger partial charge in [-0.15, -0.1) is 0 Å². The molecule has 1 unspecified atom stereocenters. The van der Waals surface area contributed by atoms with Gasteiger partial charge >= 0.3 is 0 Å². The Hall–Kier alpha value is -1.04. The van der Waals surface area contributed by atoms with Gasteiger partial charge < -0.3 is 16.8 Å². The third-order valence-corrected chi connectivity index (χ3v) is 2.93. The van der Waals surface area contributed by atoms with E-state index >= 15 is 0 Å². The number of hydrogen-bond donors (Lipinski definition) is 3. The predicted molar refractivity (Wildman–Crippen MR) is 69.3 cm³/mol. The van der Waals surface area contributed by atoms with Crippen molar-refractivity contribution in [3.63, 3.8) is 0 Å². The molecular weight excluding hydrogens is 236 g/mol. The molecule has 3 nitrogen and oxygen atoms in total. The zero-order valence-electron chi connectivity index (χ0n) is 10.8. The van der Waals surface area contributed by atoms with Crippen LogP contribution >= 0.6 is 0 Å². The van der Waals surface area contributed by atoms with Crippen LogP contribution in [0.3, 0.4) is 0 Å². The highest BCUT2D eigenvalue weighted by molar-refractivity contribution is 5.26. The summed E-state index contributed by atoms with van der Waals surface area (Å²) in [5.41, 5.74) is 10.9. The molecule has 1 aromatic rings. The van der Waals surface area contributed by atoms with Crippen LogP contribution in [0.1, 0.15) is 19.4 Å². The van der Waals surface area contributed by atoms with Gasteiger partial charge in [-0.3, -0.25) is 0 Å². The zero-order valence-corrected chi connectivity index (χ0v) is 10.8. The molecule has 0 aliphatic carbocycles. The van der Waals surface area contributed by atoms with Gasteiger partial charge in [0, 0.05) is 31.1 Å². The van der Waals surface area contributed by atoms with Gasteiger partial charge in [0.15, 0.2) is 0 Å². The Kier molecular flexibility index (Phi) is 5.19. The van der Waals surface area contributed by atoms with Gasteiger partial charge in [0.05, 0.1) is 0 Å². The minimum Gasteiger partial charge on any atom is -0.329 e. The first-order valence-corrected chi connectivity index (χ1v) is 5.98. The van der Waals surface area contributed by atoms with Crippen molar-refractivity contribution in [2.45, 2.75) is 25.3 Å². The maximum atomic E-state index is 13.7. The first kappa shape index (κ1) is 15.0. The second kappa shape index (κ2) is 6.22. The van der Waals surface area contributed by atoms with Gasteiger partial charge in [0.1, 0.15) is 11.6 Å². The molecular formula is C13H21F2N3. The zero-order chi connectivity index (χ0) is 13.8. The molecule has 0 aliphatic rings. The average Bonchev–Trinajstić information content (AvgIpc) is 2.31. The number of halogens is 2. The minimum atomic E-state index is -0.513. The summed E-state index contributed by atoms with van der Waals surface area (Å²) >= 11 is 0. The summed E-state index contributed by atoms with van der Waals surface area (Å²) in [6, 6.07) is 3.38. The smallest absolute Gasteiger partial charge is 0.127 e. The number of nitrogens with two attached hydrogens (primary N) is 2. The van der Waals surface area contributed by atoms with Crippen LogP contribution in [0.5, 0.6) is 0 Å². The Balaban J connectivity index is 2.70. The van der Waals surface area contributed by atoms with Crippen LogP contribution in [0.15, 0.2) is 18.2 Å². The van der Waals surface area contributed by atoms with Gasteiger partial charge in [-0.1, -0.05) is 13.8 Å². The second-order valence-corrected chi connectivity index (χ2v) is 5.13. The molecule has 1 aromatic carbocycles. The van der Waals surface area contributed by atoms with Crippen molar-refractivity contribution in [3.05, 3.63) is 35.4 Å². The van der Waals surface area contributed by atoms with Crippen molar-refractivity contribution in [3.8, 4) is 0 Å². The lowest BCUT2D eigenvalue weighted by Crippen LogP contribution is -2.43. The summed E-state index contributed by atoms with van der Waals surface area (Å²) < 4.78 is 26.8. The molecule has 5 N–H and O–H groups in total. The van der Waals surface area contributed by atoms with Crippen LogP contribution in [0.2, 0.25) is 0 Å². The summed E-state index contributed by atoms with van der Waals surface area (Å²) in [6.45, 7) is 5.15. The normalized spacial score (nSPS) is 13.7. The summed E-state index contributed by atoms with van der Waals surface area (Å²) in [5, 5.41) is 3.13. The fourth-order valence-corrected chi connectivity index (χ4v) is 1.76. The molecule has 0 bridgehead atoms. The lowest BCUT2D eigenvalue weighted by Gasteiger charge is -2.27. The van der Waals surface area contributed by atoms with Gasteiger partial charge in [0.2, 0.25) is 0 Å². The van der Waals surface area contributed by atoms with E-state index < -0.39 is 17.0 Å². The molecule has 18 heavy (non-hydrogen) atoms. The van der Waals surface area contributed by atoms with Gasteiger partial charge in [-0.2, -0.15) is 0 Å². The van der Waals surface area contributed by atoms with E-state index in [-0.39, 0.29) is 6.04 Å². The van der Waals surface area contributed by atoms with Crippen LogP contribution in [-0.4, -0.2) is 25.7 Å². The third kappa shape index (κ3) is 4.01. The van der Waals surface area contributed by atoms with E-state index in [1.807, 2.05) is 13.8 Å². The van der Waals surface area contributed by atoms with E-state index in [2.05, 4.69) is 5.32 Å². The van der Waals surface area contributed by atoms with Crippen LogP contribution in [0.4, 0.5) is 8.78 Å². The van der Waals surface area contributed by atoms with Gasteiger partial charge in [-0.05, 0) is 23.8 Å². The Morgan fingerprint density at radius 1 is 1.33 bits per heavy atom. The van der Waals surface area contributed by atoms with E-state index in [1.54, 1.807) is 0 Å². The van der Waals surface area contributed by atoms with Crippen molar-refractivity contribution < 1.29 is 8.78 Å². The summed E-state index contributed by atoms with van der Waals surface area (Å²) in [6.07, 6.45) is 0. The van der Waals surface area contributed by atoms with Crippen molar-refractivity contribution in [2.24, 2.45) is 11.5 Å². The Labute approximate surface area is 107 Å². The van der Waals surface area contributed by atoms with Crippen molar-refractivity contribution in [2.75, 3.05) is 19.6 Å². The highest BCUT2D eigenvalue weighted by Gasteiger charge is 2.24. The molecule has 0 aromatic heterocycles. The molecule has 1 rings (SSSR count). The van der Waals surface area contributed by atoms with Crippen LogP contribution in [0.25, 0.3) is 0 Å². The van der Waals surface area contributed by atoms with Crippen molar-refractivity contribution in [1.29, 1.82) is 0 Å². The highest BCUT2D eigenvalue weighted by atomic mass is 19.1. The average molecular weight is 257 g/mol. The Bertz CT molecular complexity index is 394. The van der Waals surface area contributed by atoms with Gasteiger partial charge in [0.25, 0.3) is 0 Å². The van der Waals surface area contributed by atoms with E-state index in [0.29, 0.717) is 25.2 Å². The molecule has 1 atom stereocenters. The molecule has 0 saturated heterocycles. The lowest BCUT2D eigenvalue weighted by atomic mass is 9.84. The molecule has 0 heterocycles. The molecule has 0 aliphatic heterocycles. The Morgan fingerprint density at radius 3 is 2.61 bits per heavy atom. The van der Waals surface area contributed by atoms with Crippen LogP contribution in [-0.2, 0) is 5.41 Å². The third-order valence-electron chi connectivity index (χ3n) is 2.93. The second-order valence-electron chi connectivity index (χ2n) is 5.13. The van der Waals surface area contributed by atoms with E-state index in [0.717, 1.165) is 12.1 Å². The monoisotopic (exact) mass is 257 g/mol. The van der Waals surface area contributed by atoms with Crippen molar-refractivity contribution in [1.82, 2.24) is 5.32 Å². The molecule has 0 fully saturated rings. The largest absolute Gasteiger partial charge is 0.329 e. The molecule has 5 heteroatoms. The molecule has 102 valence electrons. The van der Waals surface area contributed by atoms with E-state index in [4.69, 9.17) is 11.5 Å². The fourth-order valence-electron chi connectivity index (χ4n) is 1.76. The van der Waals surface area contributed by atoms with Crippen LogP contribution in [0, 0.1) is 11.6 Å². The molecule has 0 amide bonds. The maximum absolute atomic E-state index is 13.7. The van der Waals surface area contributed by atoms with Crippen molar-refractivity contribution >= 4 is 0 Å². The number of hydrogen-bond acceptors (Lipinski definition) is 3. The SMILES string of the molecule is CC(C)(CNCC(N)CN)c1cc(F)ccc1F. The Morgan fingerprint density at radius 2 is 2.00 bits per heavy atom. The van der Waals surface area contributed by atoms with Crippen LogP contribution < -0.4 is 16.8 Å². The lowest BCUT2D eigenvalue weighted by molar-refractivity contribution is 0.431. The summed E-state index contributed by atoms with van der Waals surface area (Å²) in [5.74, 6) is -0.829. The summed E-state index contributed by atoms with van der Waals surface area (Å²) in [7, 11) is 0. The quantitative estimate of drug-likeness (QED) is 0.715. The topological polar surface area (TPSA) is 64.1 Å². The highest BCUT2D eigenvalue weighted by Crippen LogP contribution is 2.25. The molecule has 0 spiro atoms. The number of nitrogens with one attached hydrogen (secondary N) is 1. The number of benzene rings is 1. The first-order valence-electron chi connectivity index (χ1n) is 5.98. The maximum Gasteiger partial charge on any atom is 0.127 e. The standard InChI is InChI=1S/C13H21F2N3/c1-13(2,8-18-7-10(17)6-16)11-5-9(14)3-4-12(11)15/h3-5,10,18H,6-8,16-17H2,1-2H3. The van der Waals surface area contributed by atoms with E-state index in [1.165, 1.54) is 6.07 Å².